The van der Waals surface area contributed by atoms with Gasteiger partial charge in [0.2, 0.25) is 0 Å². The molecule has 1 aromatic heterocycles. The van der Waals surface area contributed by atoms with Crippen molar-refractivity contribution >= 4 is 17.4 Å². The summed E-state index contributed by atoms with van der Waals surface area (Å²) in [6, 6.07) is 22.5. The minimum Gasteiger partial charge on any atom is -0.461 e. The molecule has 0 radical (unpaired) electrons. The number of nitrogens with one attached hydrogen (secondary N) is 1. The Balaban J connectivity index is 1.33. The highest BCUT2D eigenvalue weighted by atomic mass is 19.1. The van der Waals surface area contributed by atoms with Crippen molar-refractivity contribution in [2.45, 2.75) is 50.8 Å². The van der Waals surface area contributed by atoms with Gasteiger partial charge in [-0.25, -0.2) is 8.78 Å². The second kappa shape index (κ2) is 13.0. The van der Waals surface area contributed by atoms with Gasteiger partial charge in [0.1, 0.15) is 29.6 Å². The molecule has 1 fully saturated rings. The highest BCUT2D eigenvalue weighted by molar-refractivity contribution is 5.83. The fourth-order valence-corrected chi connectivity index (χ4v) is 5.30. The van der Waals surface area contributed by atoms with E-state index in [0.717, 1.165) is 48.9 Å². The van der Waals surface area contributed by atoms with Gasteiger partial charge in [-0.1, -0.05) is 49.0 Å². The van der Waals surface area contributed by atoms with Crippen molar-refractivity contribution in [1.29, 1.82) is 0 Å². The van der Waals surface area contributed by atoms with Crippen LogP contribution in [0.1, 0.15) is 47.9 Å². The van der Waals surface area contributed by atoms with E-state index < -0.39 is 17.7 Å². The zero-order valence-electron chi connectivity index (χ0n) is 23.2. The number of carbonyl (C=O) groups excluding carboxylic acids is 1. The Kier molecular flexibility index (Phi) is 8.93. The third kappa shape index (κ3) is 6.66. The number of nitrogen functional groups attached to an aromatic ring is 1. The lowest BCUT2D eigenvalue weighted by molar-refractivity contribution is -0.151. The Labute approximate surface area is 243 Å². The Morgan fingerprint density at radius 1 is 0.952 bits per heavy atom. The highest BCUT2D eigenvalue weighted by Crippen LogP contribution is 2.29. The van der Waals surface area contributed by atoms with Gasteiger partial charge in [0.05, 0.1) is 5.69 Å². The quantitative estimate of drug-likeness (QED) is 0.231. The zero-order chi connectivity index (χ0) is 29.6. The number of pyridine rings is 1. The van der Waals surface area contributed by atoms with Crippen LogP contribution in [0, 0.1) is 11.6 Å². The predicted molar refractivity (Wildman–Crippen MR) is 160 cm³/mol. The summed E-state index contributed by atoms with van der Waals surface area (Å²) in [5, 5.41) is 3.35. The molecule has 1 aliphatic rings. The zero-order valence-corrected chi connectivity index (χ0v) is 23.2. The van der Waals surface area contributed by atoms with E-state index in [2.05, 4.69) is 11.9 Å². The number of nitrogens with two attached hydrogens (primary N) is 1. The van der Waals surface area contributed by atoms with Crippen molar-refractivity contribution in [3.63, 3.8) is 0 Å². The first-order valence-electron chi connectivity index (χ1n) is 14.0. The number of hydrogen-bond donors (Lipinski definition) is 2. The van der Waals surface area contributed by atoms with Gasteiger partial charge >= 0.3 is 5.97 Å². The van der Waals surface area contributed by atoms with Crippen molar-refractivity contribution < 1.29 is 18.3 Å². The van der Waals surface area contributed by atoms with Crippen LogP contribution in [0.3, 0.4) is 0 Å². The lowest BCUT2D eigenvalue weighted by Crippen LogP contribution is -2.40. The molecule has 0 amide bonds. The maximum absolute atomic E-state index is 14.4. The molecule has 4 aromatic rings. The topological polar surface area (TPSA) is 86.3 Å². The van der Waals surface area contributed by atoms with Crippen LogP contribution >= 0.6 is 0 Å². The van der Waals surface area contributed by atoms with E-state index in [-0.39, 0.29) is 34.6 Å². The molecular formula is C34H33F2N3O3. The molecule has 6 nitrogen and oxygen atoms in total. The van der Waals surface area contributed by atoms with Gasteiger partial charge in [-0.3, -0.25) is 14.2 Å². The number of anilines is 1. The van der Waals surface area contributed by atoms with Crippen LogP contribution < -0.4 is 16.6 Å². The fourth-order valence-electron chi connectivity index (χ4n) is 5.30. The molecule has 3 N–H and O–H groups in total. The lowest BCUT2D eigenvalue weighted by Gasteiger charge is -2.21. The van der Waals surface area contributed by atoms with Crippen LogP contribution in [0.15, 0.2) is 96.3 Å². The number of nitrogens with zero attached hydrogens (tertiary/aromatic N) is 1. The molecule has 0 saturated heterocycles. The Hall–Kier alpha value is -4.56. The van der Waals surface area contributed by atoms with Crippen LogP contribution in [0.25, 0.3) is 11.3 Å². The van der Waals surface area contributed by atoms with E-state index in [1.165, 1.54) is 22.8 Å². The highest BCUT2D eigenvalue weighted by Gasteiger charge is 2.25. The third-order valence-corrected chi connectivity index (χ3v) is 7.61. The number of ether oxygens (including phenoxy) is 1. The molecule has 0 bridgehead atoms. The van der Waals surface area contributed by atoms with E-state index in [1.54, 1.807) is 12.1 Å². The summed E-state index contributed by atoms with van der Waals surface area (Å²) in [7, 11) is 0. The molecule has 216 valence electrons. The van der Waals surface area contributed by atoms with Gasteiger partial charge in [-0.15, -0.1) is 0 Å². The van der Waals surface area contributed by atoms with Crippen molar-refractivity contribution in [2.24, 2.45) is 0 Å². The van der Waals surface area contributed by atoms with Gasteiger partial charge in [0, 0.05) is 29.8 Å². The summed E-state index contributed by atoms with van der Waals surface area (Å²) in [5.74, 6) is -1.64. The van der Waals surface area contributed by atoms with Crippen LogP contribution in [0.5, 0.6) is 0 Å². The number of aromatic nitrogens is 1. The Morgan fingerprint density at radius 2 is 1.64 bits per heavy atom. The minimum absolute atomic E-state index is 0.0213. The summed E-state index contributed by atoms with van der Waals surface area (Å²) in [6.45, 7) is 4.34. The molecule has 1 atom stereocenters. The molecule has 3 aromatic carbocycles. The van der Waals surface area contributed by atoms with Crippen molar-refractivity contribution in [3.8, 4) is 5.69 Å². The van der Waals surface area contributed by atoms with Gasteiger partial charge in [0.25, 0.3) is 5.56 Å². The first-order valence-corrected chi connectivity index (χ1v) is 14.0. The van der Waals surface area contributed by atoms with Crippen LogP contribution in [0.4, 0.5) is 14.6 Å². The van der Waals surface area contributed by atoms with E-state index in [1.807, 2.05) is 42.5 Å². The number of hydrogen-bond acceptors (Lipinski definition) is 5. The molecule has 0 aliphatic heterocycles. The standard InChI is InChI=1S/C34H33F2N3O3/c1-22(28-16-13-25(35)20-30(28)36)29-17-18-32(40)39(33(29)37)26-14-11-24(12-15-26)21-38-31(19-23-7-3-2-4-8-23)34(41)42-27-9-5-6-10-27/h2-4,7-8,11-18,20,27,31,38H,1,5-6,9-10,19,21,37H2/t31-/m0/s1. The Morgan fingerprint density at radius 3 is 2.33 bits per heavy atom. The maximum atomic E-state index is 14.4. The summed E-state index contributed by atoms with van der Waals surface area (Å²) in [6.07, 6.45) is 4.44. The molecule has 1 saturated carbocycles. The Bertz CT molecular complexity index is 1630. The number of benzene rings is 3. The molecule has 1 aliphatic carbocycles. The first-order chi connectivity index (χ1) is 20.3. The molecule has 0 unspecified atom stereocenters. The summed E-state index contributed by atoms with van der Waals surface area (Å²) < 4.78 is 35.0. The van der Waals surface area contributed by atoms with Gasteiger partial charge < -0.3 is 15.8 Å². The smallest absolute Gasteiger partial charge is 0.323 e. The number of rotatable bonds is 10. The van der Waals surface area contributed by atoms with Crippen molar-refractivity contribution in [2.75, 3.05) is 5.73 Å². The van der Waals surface area contributed by atoms with E-state index >= 15 is 0 Å². The van der Waals surface area contributed by atoms with E-state index in [9.17, 15) is 18.4 Å². The molecule has 5 rings (SSSR count). The molecule has 1 heterocycles. The fraction of sp³-hybridized carbons (Fsp3) is 0.235. The lowest BCUT2D eigenvalue weighted by atomic mass is 9.99. The summed E-state index contributed by atoms with van der Waals surface area (Å²) in [4.78, 5) is 25.9. The second-order valence-electron chi connectivity index (χ2n) is 10.5. The number of carbonyl (C=O) groups is 1. The SMILES string of the molecule is C=C(c1ccc(F)cc1F)c1ccc(=O)n(-c2ccc(CN[C@@H](Cc3ccccc3)C(=O)OC3CCCC3)cc2)c1N. The van der Waals surface area contributed by atoms with Gasteiger partial charge in [-0.05, 0) is 79.1 Å². The van der Waals surface area contributed by atoms with Crippen LogP contribution in [0.2, 0.25) is 0 Å². The number of esters is 1. The second-order valence-corrected chi connectivity index (χ2v) is 10.5. The van der Waals surface area contributed by atoms with Crippen molar-refractivity contribution in [3.05, 3.63) is 136 Å². The minimum atomic E-state index is -0.772. The van der Waals surface area contributed by atoms with E-state index in [4.69, 9.17) is 10.5 Å². The first kappa shape index (κ1) is 29.0. The molecule has 8 heteroatoms. The maximum Gasteiger partial charge on any atom is 0.323 e. The number of halogens is 2. The normalized spacial score (nSPS) is 14.0. The average molecular weight is 570 g/mol. The van der Waals surface area contributed by atoms with Gasteiger partial charge in [0.15, 0.2) is 0 Å². The largest absolute Gasteiger partial charge is 0.461 e. The van der Waals surface area contributed by atoms with E-state index in [0.29, 0.717) is 24.2 Å². The predicted octanol–water partition coefficient (Wildman–Crippen LogP) is 5.95. The van der Waals surface area contributed by atoms with Crippen LogP contribution in [-0.4, -0.2) is 22.7 Å². The molecule has 0 spiro atoms. The van der Waals surface area contributed by atoms with Gasteiger partial charge in [-0.2, -0.15) is 0 Å². The van der Waals surface area contributed by atoms with Crippen LogP contribution in [-0.2, 0) is 22.5 Å². The molecular weight excluding hydrogens is 536 g/mol. The summed E-state index contributed by atoms with van der Waals surface area (Å²) >= 11 is 0. The summed E-state index contributed by atoms with van der Waals surface area (Å²) in [5.41, 5.74) is 9.13. The third-order valence-electron chi connectivity index (χ3n) is 7.61. The van der Waals surface area contributed by atoms with Crippen molar-refractivity contribution in [1.82, 2.24) is 9.88 Å². The molecule has 42 heavy (non-hydrogen) atoms. The average Bonchev–Trinajstić information content (AvgIpc) is 3.49. The monoisotopic (exact) mass is 569 g/mol.